The first kappa shape index (κ1) is 20.8. The predicted octanol–water partition coefficient (Wildman–Crippen LogP) is 5.74. The number of methoxy groups -OCH3 is 1. The second-order valence-electron chi connectivity index (χ2n) is 6.88. The van der Waals surface area contributed by atoms with Crippen molar-refractivity contribution in [2.75, 3.05) is 19.0 Å². The van der Waals surface area contributed by atoms with Gasteiger partial charge in [-0.15, -0.1) is 0 Å². The van der Waals surface area contributed by atoms with Crippen molar-refractivity contribution in [3.63, 3.8) is 0 Å². The second-order valence-corrected chi connectivity index (χ2v) is 7.29. The van der Waals surface area contributed by atoms with Crippen LogP contribution >= 0.6 is 11.6 Å². The Morgan fingerprint density at radius 1 is 1.06 bits per heavy atom. The largest absolute Gasteiger partial charge is 0.497 e. The minimum Gasteiger partial charge on any atom is -0.497 e. The Labute approximate surface area is 184 Å². The van der Waals surface area contributed by atoms with E-state index in [1.165, 1.54) is 5.56 Å². The van der Waals surface area contributed by atoms with Gasteiger partial charge >= 0.3 is 0 Å². The number of nitrogens with zero attached hydrogens (tertiary/aromatic N) is 1. The predicted molar refractivity (Wildman–Crippen MR) is 121 cm³/mol. The first-order chi connectivity index (χ1) is 15.1. The molecule has 0 radical (unpaired) electrons. The minimum absolute atomic E-state index is 0.157. The average Bonchev–Trinajstić information content (AvgIpc) is 3.22. The van der Waals surface area contributed by atoms with E-state index in [0.29, 0.717) is 39.2 Å². The molecule has 1 aromatic heterocycles. The van der Waals surface area contributed by atoms with E-state index in [0.717, 1.165) is 11.9 Å². The van der Waals surface area contributed by atoms with E-state index in [1.807, 2.05) is 18.2 Å². The lowest BCUT2D eigenvalue weighted by Gasteiger charge is -2.10. The molecule has 31 heavy (non-hydrogen) atoms. The number of nitrogens with one attached hydrogen (secondary N) is 1. The normalized spacial score (nSPS) is 10.8. The Morgan fingerprint density at radius 2 is 1.84 bits per heavy atom. The van der Waals surface area contributed by atoms with Crippen LogP contribution in [0.1, 0.15) is 12.5 Å². The molecule has 0 bridgehead atoms. The fourth-order valence-electron chi connectivity index (χ4n) is 3.08. The summed E-state index contributed by atoms with van der Waals surface area (Å²) in [5.41, 5.74) is 3.86. The van der Waals surface area contributed by atoms with Crippen LogP contribution in [0.25, 0.3) is 22.6 Å². The van der Waals surface area contributed by atoms with Gasteiger partial charge in [-0.1, -0.05) is 24.6 Å². The van der Waals surface area contributed by atoms with E-state index in [9.17, 15) is 4.79 Å². The number of carbonyl (C=O) groups is 1. The zero-order valence-corrected chi connectivity index (χ0v) is 17.9. The van der Waals surface area contributed by atoms with Gasteiger partial charge in [0.25, 0.3) is 5.91 Å². The van der Waals surface area contributed by atoms with Crippen molar-refractivity contribution in [3.8, 4) is 23.0 Å². The van der Waals surface area contributed by atoms with Gasteiger partial charge in [-0.05, 0) is 66.6 Å². The average molecular weight is 437 g/mol. The van der Waals surface area contributed by atoms with Crippen molar-refractivity contribution in [3.05, 3.63) is 71.2 Å². The zero-order chi connectivity index (χ0) is 21.8. The molecule has 0 unspecified atom stereocenters. The molecule has 1 heterocycles. The molecule has 0 aliphatic carbocycles. The van der Waals surface area contributed by atoms with Gasteiger partial charge < -0.3 is 19.2 Å². The Bertz CT molecular complexity index is 1220. The van der Waals surface area contributed by atoms with E-state index in [1.54, 1.807) is 49.6 Å². The Kier molecular flexibility index (Phi) is 6.09. The molecular formula is C24H21ClN2O4. The van der Waals surface area contributed by atoms with Crippen molar-refractivity contribution < 1.29 is 18.7 Å². The van der Waals surface area contributed by atoms with Crippen LogP contribution in [0.3, 0.4) is 0 Å². The first-order valence-electron chi connectivity index (χ1n) is 9.82. The van der Waals surface area contributed by atoms with E-state index in [2.05, 4.69) is 17.2 Å². The molecular weight excluding hydrogens is 416 g/mol. The minimum atomic E-state index is -0.333. The van der Waals surface area contributed by atoms with Crippen molar-refractivity contribution in [1.82, 2.24) is 4.98 Å². The van der Waals surface area contributed by atoms with Gasteiger partial charge in [-0.3, -0.25) is 4.79 Å². The van der Waals surface area contributed by atoms with Gasteiger partial charge in [-0.2, -0.15) is 0 Å². The van der Waals surface area contributed by atoms with Crippen molar-refractivity contribution in [1.29, 1.82) is 0 Å². The number of aromatic nitrogens is 1. The Balaban J connectivity index is 1.47. The second kappa shape index (κ2) is 9.10. The third kappa shape index (κ3) is 4.81. The topological polar surface area (TPSA) is 73.6 Å². The van der Waals surface area contributed by atoms with Crippen LogP contribution in [-0.2, 0) is 11.2 Å². The smallest absolute Gasteiger partial charge is 0.262 e. The van der Waals surface area contributed by atoms with E-state index >= 15 is 0 Å². The van der Waals surface area contributed by atoms with Gasteiger partial charge in [0.15, 0.2) is 12.2 Å². The molecule has 0 saturated carbocycles. The number of rotatable bonds is 7. The molecule has 1 amide bonds. The fraction of sp³-hybridized carbons (Fsp3) is 0.167. The number of fused-ring (bicyclic) bond motifs is 1. The summed E-state index contributed by atoms with van der Waals surface area (Å²) in [5.74, 6) is 1.41. The number of hydrogen-bond acceptors (Lipinski definition) is 5. The van der Waals surface area contributed by atoms with Gasteiger partial charge in [0.1, 0.15) is 17.0 Å². The quantitative estimate of drug-likeness (QED) is 0.400. The lowest BCUT2D eigenvalue weighted by molar-refractivity contribution is -0.118. The SMILES string of the molecule is CCc1ccc2oc(-c3ccc(Cl)c(NC(=O)COc4ccc(OC)cc4)c3)nc2c1. The molecule has 6 nitrogen and oxygen atoms in total. The number of carbonyl (C=O) groups excluding carboxylic acids is 1. The summed E-state index contributed by atoms with van der Waals surface area (Å²) in [6, 6.07) is 18.2. The standard InChI is InChI=1S/C24H21ClN2O4/c1-3-15-4-11-22-21(12-15)27-24(31-22)16-5-10-19(25)20(13-16)26-23(28)14-30-18-8-6-17(29-2)7-9-18/h4-13H,3,14H2,1-2H3,(H,26,28). The Morgan fingerprint density at radius 3 is 2.58 bits per heavy atom. The lowest BCUT2D eigenvalue weighted by Crippen LogP contribution is -2.20. The summed E-state index contributed by atoms with van der Waals surface area (Å²) in [6.07, 6.45) is 0.924. The van der Waals surface area contributed by atoms with Crippen LogP contribution < -0.4 is 14.8 Å². The molecule has 4 aromatic rings. The number of hydrogen-bond donors (Lipinski definition) is 1. The highest BCUT2D eigenvalue weighted by Gasteiger charge is 2.13. The third-order valence-corrected chi connectivity index (χ3v) is 5.11. The highest BCUT2D eigenvalue weighted by Crippen LogP contribution is 2.31. The maximum Gasteiger partial charge on any atom is 0.262 e. The number of aryl methyl sites for hydroxylation is 1. The van der Waals surface area contributed by atoms with Gasteiger partial charge in [-0.25, -0.2) is 4.98 Å². The number of oxazole rings is 1. The lowest BCUT2D eigenvalue weighted by atomic mass is 10.1. The molecule has 0 fully saturated rings. The first-order valence-corrected chi connectivity index (χ1v) is 10.2. The summed E-state index contributed by atoms with van der Waals surface area (Å²) in [4.78, 5) is 16.9. The molecule has 0 spiro atoms. The summed E-state index contributed by atoms with van der Waals surface area (Å²) in [6.45, 7) is 1.93. The summed E-state index contributed by atoms with van der Waals surface area (Å²) < 4.78 is 16.5. The Hall–Kier alpha value is -3.51. The van der Waals surface area contributed by atoms with Crippen LogP contribution in [0.2, 0.25) is 5.02 Å². The van der Waals surface area contributed by atoms with E-state index in [4.69, 9.17) is 25.5 Å². The summed E-state index contributed by atoms with van der Waals surface area (Å²) in [7, 11) is 1.59. The molecule has 1 N–H and O–H groups in total. The van der Waals surface area contributed by atoms with Crippen molar-refractivity contribution in [2.45, 2.75) is 13.3 Å². The van der Waals surface area contributed by atoms with Gasteiger partial charge in [0, 0.05) is 5.56 Å². The molecule has 0 aliphatic rings. The molecule has 0 aliphatic heterocycles. The monoisotopic (exact) mass is 436 g/mol. The van der Waals surface area contributed by atoms with E-state index in [-0.39, 0.29) is 12.5 Å². The third-order valence-electron chi connectivity index (χ3n) is 4.78. The zero-order valence-electron chi connectivity index (χ0n) is 17.1. The maximum atomic E-state index is 12.4. The maximum absolute atomic E-state index is 12.4. The van der Waals surface area contributed by atoms with Gasteiger partial charge in [0.05, 0.1) is 17.8 Å². The highest BCUT2D eigenvalue weighted by molar-refractivity contribution is 6.33. The molecule has 4 rings (SSSR count). The molecule has 158 valence electrons. The fourth-order valence-corrected chi connectivity index (χ4v) is 3.24. The molecule has 7 heteroatoms. The number of anilines is 1. The van der Waals surface area contributed by atoms with Crippen molar-refractivity contribution in [2.24, 2.45) is 0 Å². The highest BCUT2D eigenvalue weighted by atomic mass is 35.5. The van der Waals surface area contributed by atoms with Crippen molar-refractivity contribution >= 4 is 34.3 Å². The van der Waals surface area contributed by atoms with Crippen LogP contribution in [0.15, 0.2) is 65.1 Å². The van der Waals surface area contributed by atoms with E-state index < -0.39 is 0 Å². The number of halogens is 1. The number of ether oxygens (including phenoxy) is 2. The van der Waals surface area contributed by atoms with Gasteiger partial charge in [0.2, 0.25) is 5.89 Å². The number of benzene rings is 3. The molecule has 0 saturated heterocycles. The molecule has 3 aromatic carbocycles. The van der Waals surface area contributed by atoms with Crippen LogP contribution in [0.5, 0.6) is 11.5 Å². The summed E-state index contributed by atoms with van der Waals surface area (Å²) in [5, 5.41) is 3.18. The number of amides is 1. The van der Waals surface area contributed by atoms with Crippen LogP contribution in [0, 0.1) is 0 Å². The van der Waals surface area contributed by atoms with Crippen LogP contribution in [-0.4, -0.2) is 24.6 Å². The van der Waals surface area contributed by atoms with Crippen LogP contribution in [0.4, 0.5) is 5.69 Å². The summed E-state index contributed by atoms with van der Waals surface area (Å²) >= 11 is 6.28. The molecule has 0 atom stereocenters.